The van der Waals surface area contributed by atoms with E-state index in [1.54, 1.807) is 7.11 Å². The van der Waals surface area contributed by atoms with E-state index in [1.807, 2.05) is 37.1 Å². The van der Waals surface area contributed by atoms with Gasteiger partial charge in [-0.2, -0.15) is 0 Å². The predicted molar refractivity (Wildman–Crippen MR) is 149 cm³/mol. The minimum atomic E-state index is 0.428. The number of rotatable bonds is 13. The second-order valence-electron chi connectivity index (χ2n) is 8.87. The Kier molecular flexibility index (Phi) is 9.34. The van der Waals surface area contributed by atoms with E-state index in [0.29, 0.717) is 18.8 Å². The van der Waals surface area contributed by atoms with Crippen LogP contribution in [0, 0.1) is 0 Å². The van der Waals surface area contributed by atoms with E-state index >= 15 is 0 Å². The molecule has 0 amide bonds. The molecule has 0 spiro atoms. The van der Waals surface area contributed by atoms with Gasteiger partial charge in [0.15, 0.2) is 11.7 Å². The molecule has 5 heteroatoms. The summed E-state index contributed by atoms with van der Waals surface area (Å²) in [5.41, 5.74) is 5.40. The zero-order chi connectivity index (χ0) is 25.9. The molecule has 0 aliphatic rings. The van der Waals surface area contributed by atoms with Crippen LogP contribution >= 0.6 is 0 Å². The van der Waals surface area contributed by atoms with Crippen molar-refractivity contribution in [3.63, 3.8) is 0 Å². The Morgan fingerprint density at radius 3 is 2.08 bits per heavy atom. The maximum absolute atomic E-state index is 11.0. The summed E-state index contributed by atoms with van der Waals surface area (Å²) in [6.45, 7) is 3.23. The Morgan fingerprint density at radius 2 is 1.46 bits per heavy atom. The summed E-state index contributed by atoms with van der Waals surface area (Å²) in [6, 6.07) is 29.0. The van der Waals surface area contributed by atoms with Gasteiger partial charge in [0.2, 0.25) is 0 Å². The largest absolute Gasteiger partial charge is 0.497 e. The molecule has 0 unspecified atom stereocenters. The maximum Gasteiger partial charge on any atom is 0.179 e. The second kappa shape index (κ2) is 13.3. The Labute approximate surface area is 219 Å². The Balaban J connectivity index is 1.65. The fraction of sp³-hybridized carbons (Fsp3) is 0.281. The molecular formula is C32H34N2O3. The third kappa shape index (κ3) is 6.58. The van der Waals surface area contributed by atoms with Crippen LogP contribution in [0.2, 0.25) is 0 Å². The molecule has 0 aliphatic heterocycles. The molecule has 0 bridgehead atoms. The van der Waals surface area contributed by atoms with Crippen molar-refractivity contribution in [2.45, 2.75) is 45.6 Å². The first-order chi connectivity index (χ1) is 18.2. The highest BCUT2D eigenvalue weighted by Gasteiger charge is 2.21. The van der Waals surface area contributed by atoms with Gasteiger partial charge in [-0.15, -0.1) is 0 Å². The molecule has 0 radical (unpaired) electrons. The lowest BCUT2D eigenvalue weighted by Gasteiger charge is -2.14. The minimum Gasteiger partial charge on any atom is -0.497 e. The molecule has 5 nitrogen and oxygen atoms in total. The molecule has 0 atom stereocenters. The summed E-state index contributed by atoms with van der Waals surface area (Å²) in [5, 5.41) is 0. The lowest BCUT2D eigenvalue weighted by Crippen LogP contribution is -2.04. The first-order valence-electron chi connectivity index (χ1n) is 13.0. The fourth-order valence-corrected chi connectivity index (χ4v) is 4.55. The predicted octanol–water partition coefficient (Wildman–Crippen LogP) is 7.60. The zero-order valence-electron chi connectivity index (χ0n) is 21.7. The molecule has 0 saturated heterocycles. The van der Waals surface area contributed by atoms with E-state index in [4.69, 9.17) is 14.5 Å². The van der Waals surface area contributed by atoms with Crippen LogP contribution in [0.1, 0.15) is 39.0 Å². The van der Waals surface area contributed by atoms with Crippen molar-refractivity contribution in [1.82, 2.24) is 9.55 Å². The van der Waals surface area contributed by atoms with Gasteiger partial charge < -0.3 is 14.0 Å². The molecule has 37 heavy (non-hydrogen) atoms. The average Bonchev–Trinajstić information content (AvgIpc) is 3.34. The molecule has 0 saturated carbocycles. The van der Waals surface area contributed by atoms with E-state index in [-0.39, 0.29) is 0 Å². The lowest BCUT2D eigenvalue weighted by atomic mass is 10.0. The minimum absolute atomic E-state index is 0.428. The summed E-state index contributed by atoms with van der Waals surface area (Å²) >= 11 is 0. The number of allylic oxidation sites excluding steroid dienone is 1. The van der Waals surface area contributed by atoms with Crippen LogP contribution in [0.15, 0.2) is 90.7 Å². The smallest absolute Gasteiger partial charge is 0.179 e. The van der Waals surface area contributed by atoms with E-state index < -0.39 is 0 Å². The molecule has 0 aliphatic carbocycles. The number of imidazole rings is 1. The number of nitrogens with zero attached hydrogens (tertiary/aromatic N) is 2. The average molecular weight is 495 g/mol. The van der Waals surface area contributed by atoms with E-state index in [0.717, 1.165) is 71.9 Å². The number of hydrogen-bond donors (Lipinski definition) is 0. The monoisotopic (exact) mass is 494 g/mol. The van der Waals surface area contributed by atoms with E-state index in [2.05, 4.69) is 65.2 Å². The first kappa shape index (κ1) is 26.0. The number of hydrogen-bond acceptors (Lipinski definition) is 4. The third-order valence-electron chi connectivity index (χ3n) is 6.38. The highest BCUT2D eigenvalue weighted by atomic mass is 16.5. The number of aromatic nitrogens is 2. The summed E-state index contributed by atoms with van der Waals surface area (Å²) in [6.07, 6.45) is 4.64. The number of methoxy groups -OCH3 is 1. The number of unbranched alkanes of at least 4 members (excludes halogenated alkanes) is 3. The molecule has 3 aromatic carbocycles. The first-order valence-corrected chi connectivity index (χ1v) is 13.0. The van der Waals surface area contributed by atoms with Crippen LogP contribution in [0.25, 0.3) is 33.9 Å². The molecule has 4 rings (SSSR count). The summed E-state index contributed by atoms with van der Waals surface area (Å²) in [4.78, 5) is 16.2. The van der Waals surface area contributed by atoms with Gasteiger partial charge in [0.05, 0.1) is 25.1 Å². The maximum atomic E-state index is 11.0. The molecule has 0 N–H and O–H groups in total. The van der Waals surface area contributed by atoms with Crippen molar-refractivity contribution in [3.05, 3.63) is 90.7 Å². The Morgan fingerprint density at radius 1 is 0.811 bits per heavy atom. The van der Waals surface area contributed by atoms with E-state index in [1.165, 1.54) is 0 Å². The number of benzene rings is 3. The summed E-state index contributed by atoms with van der Waals surface area (Å²) in [7, 11) is 1.68. The fourth-order valence-electron chi connectivity index (χ4n) is 4.55. The van der Waals surface area contributed by atoms with Gasteiger partial charge >= 0.3 is 0 Å². The summed E-state index contributed by atoms with van der Waals surface area (Å²) in [5.74, 6) is 4.12. The van der Waals surface area contributed by atoms with Crippen LogP contribution in [0.3, 0.4) is 0 Å². The van der Waals surface area contributed by atoms with Crippen molar-refractivity contribution in [3.8, 4) is 39.7 Å². The molecule has 190 valence electrons. The zero-order valence-corrected chi connectivity index (χ0v) is 21.7. The summed E-state index contributed by atoms with van der Waals surface area (Å²) < 4.78 is 13.1. The Hall–Kier alpha value is -4.08. The van der Waals surface area contributed by atoms with Crippen molar-refractivity contribution < 1.29 is 14.3 Å². The topological polar surface area (TPSA) is 53.4 Å². The molecule has 1 aromatic heterocycles. The van der Waals surface area contributed by atoms with Gasteiger partial charge in [0, 0.05) is 29.7 Å². The van der Waals surface area contributed by atoms with Crippen LogP contribution in [0.5, 0.6) is 5.75 Å². The van der Waals surface area contributed by atoms with Gasteiger partial charge in [0.1, 0.15) is 11.6 Å². The lowest BCUT2D eigenvalue weighted by molar-refractivity contribution is 0.219. The van der Waals surface area contributed by atoms with Gasteiger partial charge in [0.25, 0.3) is 0 Å². The van der Waals surface area contributed by atoms with Crippen molar-refractivity contribution in [2.24, 2.45) is 0 Å². The standard InChI is InChI=1S/C32H34N2O3/c1-3-37-29(24-35)18-12-4-5-13-23-34-31(26-16-10-7-11-17-26)30(25-14-8-6-9-15-25)33-32(34)27-19-21-28(36-2)22-20-27/h6-11,14-17,19-22H,3-5,12-13,18,23H2,1-2H3. The van der Waals surface area contributed by atoms with Crippen molar-refractivity contribution >= 4 is 5.94 Å². The van der Waals surface area contributed by atoms with Crippen LogP contribution < -0.4 is 4.74 Å². The van der Waals surface area contributed by atoms with Gasteiger partial charge in [-0.1, -0.05) is 73.5 Å². The van der Waals surface area contributed by atoms with Crippen LogP contribution in [-0.4, -0.2) is 29.2 Å². The van der Waals surface area contributed by atoms with Gasteiger partial charge in [-0.25, -0.2) is 9.78 Å². The van der Waals surface area contributed by atoms with Crippen molar-refractivity contribution in [1.29, 1.82) is 0 Å². The van der Waals surface area contributed by atoms with E-state index in [9.17, 15) is 4.79 Å². The molecular weight excluding hydrogens is 460 g/mol. The van der Waals surface area contributed by atoms with Gasteiger partial charge in [-0.05, 0) is 44.0 Å². The third-order valence-corrected chi connectivity index (χ3v) is 6.38. The highest BCUT2D eigenvalue weighted by molar-refractivity contribution is 5.82. The Bertz CT molecular complexity index is 1310. The molecule has 1 heterocycles. The normalized spacial score (nSPS) is 10.6. The van der Waals surface area contributed by atoms with Crippen LogP contribution in [0.4, 0.5) is 0 Å². The van der Waals surface area contributed by atoms with Gasteiger partial charge in [-0.3, -0.25) is 0 Å². The quantitative estimate of drug-likeness (QED) is 0.109. The second-order valence-corrected chi connectivity index (χ2v) is 8.87. The highest BCUT2D eigenvalue weighted by Crippen LogP contribution is 2.37. The number of ether oxygens (including phenoxy) is 2. The van der Waals surface area contributed by atoms with Crippen LogP contribution in [-0.2, 0) is 16.1 Å². The molecule has 0 fully saturated rings. The SMILES string of the molecule is CCOC(=C=O)CCCCCCn1c(-c2ccc(OC)cc2)nc(-c2ccccc2)c1-c1ccccc1. The van der Waals surface area contributed by atoms with Crippen molar-refractivity contribution in [2.75, 3.05) is 13.7 Å². The number of carbonyl (C=O) groups excluding carboxylic acids is 1. The molecule has 4 aromatic rings.